The first-order valence-corrected chi connectivity index (χ1v) is 6.42. The second-order valence-corrected chi connectivity index (χ2v) is 5.13. The van der Waals surface area contributed by atoms with E-state index in [9.17, 15) is 5.11 Å². The SMILES string of the molecule is CC(O)C(C)OC(CN)C1CCSC1. The monoisotopic (exact) mass is 219 g/mol. The van der Waals surface area contributed by atoms with E-state index in [1.807, 2.05) is 18.7 Å². The molecule has 1 heterocycles. The molecular weight excluding hydrogens is 198 g/mol. The van der Waals surface area contributed by atoms with E-state index < -0.39 is 6.10 Å². The lowest BCUT2D eigenvalue weighted by Gasteiger charge is -2.27. The van der Waals surface area contributed by atoms with E-state index in [-0.39, 0.29) is 12.2 Å². The first-order chi connectivity index (χ1) is 6.65. The molecule has 0 bridgehead atoms. The fraction of sp³-hybridized carbons (Fsp3) is 1.00. The highest BCUT2D eigenvalue weighted by Gasteiger charge is 2.27. The zero-order valence-corrected chi connectivity index (χ0v) is 9.80. The number of rotatable bonds is 5. The first kappa shape index (κ1) is 12.3. The van der Waals surface area contributed by atoms with Gasteiger partial charge in [-0.05, 0) is 37.7 Å². The molecule has 0 aromatic carbocycles. The molecule has 4 heteroatoms. The number of nitrogens with two attached hydrogens (primary N) is 1. The van der Waals surface area contributed by atoms with Gasteiger partial charge in [-0.15, -0.1) is 0 Å². The van der Waals surface area contributed by atoms with Crippen LogP contribution in [0.1, 0.15) is 20.3 Å². The van der Waals surface area contributed by atoms with E-state index in [4.69, 9.17) is 10.5 Å². The van der Waals surface area contributed by atoms with Crippen molar-refractivity contribution < 1.29 is 9.84 Å². The fourth-order valence-electron chi connectivity index (χ4n) is 1.59. The maximum atomic E-state index is 9.34. The van der Waals surface area contributed by atoms with Crippen molar-refractivity contribution in [2.75, 3.05) is 18.1 Å². The number of hydrogen-bond acceptors (Lipinski definition) is 4. The van der Waals surface area contributed by atoms with E-state index in [1.54, 1.807) is 6.92 Å². The van der Waals surface area contributed by atoms with Crippen LogP contribution in [0.15, 0.2) is 0 Å². The van der Waals surface area contributed by atoms with Crippen LogP contribution in [-0.4, -0.2) is 41.5 Å². The first-order valence-electron chi connectivity index (χ1n) is 5.26. The molecule has 3 N–H and O–H groups in total. The van der Waals surface area contributed by atoms with E-state index in [2.05, 4.69) is 0 Å². The molecule has 3 nitrogen and oxygen atoms in total. The van der Waals surface area contributed by atoms with Crippen LogP contribution in [-0.2, 0) is 4.74 Å². The summed E-state index contributed by atoms with van der Waals surface area (Å²) in [6.45, 7) is 4.21. The van der Waals surface area contributed by atoms with E-state index in [0.29, 0.717) is 12.5 Å². The van der Waals surface area contributed by atoms with Crippen LogP contribution in [0.3, 0.4) is 0 Å². The third-order valence-corrected chi connectivity index (χ3v) is 3.98. The third-order valence-electron chi connectivity index (χ3n) is 2.79. The molecule has 1 saturated heterocycles. The minimum absolute atomic E-state index is 0.117. The average Bonchev–Trinajstić information content (AvgIpc) is 2.66. The van der Waals surface area contributed by atoms with Crippen LogP contribution in [0.25, 0.3) is 0 Å². The van der Waals surface area contributed by atoms with E-state index >= 15 is 0 Å². The Hall–Kier alpha value is 0.230. The van der Waals surface area contributed by atoms with Gasteiger partial charge in [-0.3, -0.25) is 0 Å². The van der Waals surface area contributed by atoms with Crippen molar-refractivity contribution in [2.24, 2.45) is 11.7 Å². The van der Waals surface area contributed by atoms with Gasteiger partial charge in [-0.25, -0.2) is 0 Å². The van der Waals surface area contributed by atoms with Gasteiger partial charge in [0.1, 0.15) is 0 Å². The average molecular weight is 219 g/mol. The fourth-order valence-corrected chi connectivity index (χ4v) is 2.91. The summed E-state index contributed by atoms with van der Waals surface area (Å²) in [5, 5.41) is 9.34. The summed E-state index contributed by atoms with van der Waals surface area (Å²) in [6.07, 6.45) is 0.779. The van der Waals surface area contributed by atoms with Crippen molar-refractivity contribution in [2.45, 2.75) is 38.6 Å². The van der Waals surface area contributed by atoms with Gasteiger partial charge in [0, 0.05) is 6.54 Å². The van der Waals surface area contributed by atoms with Gasteiger partial charge in [-0.1, -0.05) is 0 Å². The summed E-state index contributed by atoms with van der Waals surface area (Å²) in [7, 11) is 0. The normalized spacial score (nSPS) is 28.7. The van der Waals surface area contributed by atoms with Crippen molar-refractivity contribution >= 4 is 11.8 Å². The maximum Gasteiger partial charge on any atom is 0.0807 e. The Morgan fingerprint density at radius 1 is 1.57 bits per heavy atom. The standard InChI is InChI=1S/C10H21NO2S/c1-7(12)8(2)13-10(5-11)9-3-4-14-6-9/h7-10,12H,3-6,11H2,1-2H3. The van der Waals surface area contributed by atoms with Gasteiger partial charge in [0.25, 0.3) is 0 Å². The molecule has 1 aliphatic heterocycles. The second-order valence-electron chi connectivity index (χ2n) is 3.98. The predicted octanol–water partition coefficient (Wildman–Crippen LogP) is 0.853. The lowest BCUT2D eigenvalue weighted by Crippen LogP contribution is -2.38. The molecule has 14 heavy (non-hydrogen) atoms. The van der Waals surface area contributed by atoms with Gasteiger partial charge in [0.15, 0.2) is 0 Å². The highest BCUT2D eigenvalue weighted by atomic mass is 32.2. The Balaban J connectivity index is 2.37. The lowest BCUT2D eigenvalue weighted by molar-refractivity contribution is -0.0743. The van der Waals surface area contributed by atoms with Crippen molar-refractivity contribution in [1.82, 2.24) is 0 Å². The molecule has 4 atom stereocenters. The number of aliphatic hydroxyl groups is 1. The Kier molecular flexibility index (Phi) is 5.23. The maximum absolute atomic E-state index is 9.34. The zero-order chi connectivity index (χ0) is 10.6. The molecule has 1 rings (SSSR count). The minimum Gasteiger partial charge on any atom is -0.391 e. The molecule has 0 aromatic heterocycles. The molecule has 1 aliphatic rings. The Morgan fingerprint density at radius 3 is 2.71 bits per heavy atom. The highest BCUT2D eigenvalue weighted by molar-refractivity contribution is 7.99. The molecule has 84 valence electrons. The van der Waals surface area contributed by atoms with Crippen molar-refractivity contribution in [3.63, 3.8) is 0 Å². The summed E-state index contributed by atoms with van der Waals surface area (Å²) < 4.78 is 5.76. The molecule has 4 unspecified atom stereocenters. The minimum atomic E-state index is -0.418. The highest BCUT2D eigenvalue weighted by Crippen LogP contribution is 2.28. The molecule has 1 fully saturated rings. The van der Waals surface area contributed by atoms with Gasteiger partial charge in [0.2, 0.25) is 0 Å². The van der Waals surface area contributed by atoms with Crippen molar-refractivity contribution in [1.29, 1.82) is 0 Å². The molecule has 0 spiro atoms. The molecule has 0 saturated carbocycles. The summed E-state index contributed by atoms with van der Waals surface area (Å²) in [4.78, 5) is 0. The Labute approximate surface area is 90.4 Å². The van der Waals surface area contributed by atoms with Gasteiger partial charge in [0.05, 0.1) is 18.3 Å². The van der Waals surface area contributed by atoms with E-state index in [1.165, 1.54) is 12.2 Å². The van der Waals surface area contributed by atoms with Crippen LogP contribution in [0.2, 0.25) is 0 Å². The molecule has 0 aromatic rings. The zero-order valence-electron chi connectivity index (χ0n) is 8.98. The van der Waals surface area contributed by atoms with Gasteiger partial charge < -0.3 is 15.6 Å². The summed E-state index contributed by atoms with van der Waals surface area (Å²) in [5.41, 5.74) is 5.69. The third kappa shape index (κ3) is 3.42. The second kappa shape index (κ2) is 5.95. The Morgan fingerprint density at radius 2 is 2.29 bits per heavy atom. The van der Waals surface area contributed by atoms with Crippen LogP contribution in [0, 0.1) is 5.92 Å². The van der Waals surface area contributed by atoms with Crippen molar-refractivity contribution in [3.8, 4) is 0 Å². The van der Waals surface area contributed by atoms with Gasteiger partial charge in [-0.2, -0.15) is 11.8 Å². The Bertz CT molecular complexity index is 160. The van der Waals surface area contributed by atoms with Crippen LogP contribution in [0.4, 0.5) is 0 Å². The number of thioether (sulfide) groups is 1. The topological polar surface area (TPSA) is 55.5 Å². The smallest absolute Gasteiger partial charge is 0.0807 e. The summed E-state index contributed by atoms with van der Waals surface area (Å²) in [5.74, 6) is 2.94. The molecule has 0 aliphatic carbocycles. The van der Waals surface area contributed by atoms with E-state index in [0.717, 1.165) is 5.75 Å². The number of aliphatic hydroxyl groups excluding tert-OH is 1. The van der Waals surface area contributed by atoms with Crippen LogP contribution < -0.4 is 5.73 Å². The molecular formula is C10H21NO2S. The molecule has 0 amide bonds. The van der Waals surface area contributed by atoms with Crippen molar-refractivity contribution in [3.05, 3.63) is 0 Å². The quantitative estimate of drug-likeness (QED) is 0.720. The molecule has 0 radical (unpaired) electrons. The summed E-state index contributed by atoms with van der Waals surface area (Å²) in [6, 6.07) is 0. The van der Waals surface area contributed by atoms with Gasteiger partial charge >= 0.3 is 0 Å². The van der Waals surface area contributed by atoms with Crippen LogP contribution in [0.5, 0.6) is 0 Å². The number of hydrogen-bond donors (Lipinski definition) is 2. The number of ether oxygens (including phenoxy) is 1. The lowest BCUT2D eigenvalue weighted by atomic mass is 10.0. The predicted molar refractivity (Wildman–Crippen MR) is 60.5 cm³/mol. The van der Waals surface area contributed by atoms with Crippen LogP contribution >= 0.6 is 11.8 Å². The summed E-state index contributed by atoms with van der Waals surface area (Å²) >= 11 is 1.96. The largest absolute Gasteiger partial charge is 0.391 e.